The largest absolute Gasteiger partial charge is 0.416 e. The van der Waals surface area contributed by atoms with E-state index in [2.05, 4.69) is 5.32 Å². The minimum Gasteiger partial charge on any atom is -0.382 e. The van der Waals surface area contributed by atoms with E-state index in [0.29, 0.717) is 5.56 Å². The molecule has 0 bridgehead atoms. The van der Waals surface area contributed by atoms with Gasteiger partial charge in [0, 0.05) is 5.56 Å². The van der Waals surface area contributed by atoms with E-state index < -0.39 is 24.7 Å². The van der Waals surface area contributed by atoms with Crippen LogP contribution in [0.3, 0.4) is 0 Å². The molecule has 0 saturated carbocycles. The first-order valence-corrected chi connectivity index (χ1v) is 6.52. The van der Waals surface area contributed by atoms with Crippen LogP contribution in [0, 0.1) is 0 Å². The van der Waals surface area contributed by atoms with Crippen LogP contribution in [0.25, 0.3) is 0 Å². The lowest BCUT2D eigenvalue weighted by Crippen LogP contribution is -2.40. The van der Waals surface area contributed by atoms with Crippen molar-refractivity contribution < 1.29 is 23.1 Å². The Morgan fingerprint density at radius 1 is 1.25 bits per heavy atom. The highest BCUT2D eigenvalue weighted by molar-refractivity contribution is 5.94. The number of carbonyl (C=O) groups excluding carboxylic acids is 1. The number of carbonyl (C=O) groups is 1. The van der Waals surface area contributed by atoms with Gasteiger partial charge in [0.1, 0.15) is 0 Å². The molecule has 0 heterocycles. The summed E-state index contributed by atoms with van der Waals surface area (Å²) in [5.74, 6) is -0.596. The van der Waals surface area contributed by atoms with Gasteiger partial charge in [-0.1, -0.05) is 6.07 Å². The molecular formula is C14H16F3NO2. The summed E-state index contributed by atoms with van der Waals surface area (Å²) in [5, 5.41) is 10.9. The summed E-state index contributed by atoms with van der Waals surface area (Å²) in [6.07, 6.45) is -3.21. The highest BCUT2D eigenvalue weighted by atomic mass is 19.4. The third-order valence-corrected chi connectivity index (χ3v) is 3.44. The molecule has 0 aromatic heterocycles. The number of rotatable bonds is 3. The summed E-state index contributed by atoms with van der Waals surface area (Å²) in [6.45, 7) is -0.834. The summed E-state index contributed by atoms with van der Waals surface area (Å²) in [5.41, 5.74) is 2.61. The molecule has 1 aliphatic rings. The molecular weight excluding hydrogens is 271 g/mol. The van der Waals surface area contributed by atoms with Gasteiger partial charge in [-0.25, -0.2) is 0 Å². The molecule has 1 aromatic carbocycles. The Hall–Kier alpha value is -1.56. The van der Waals surface area contributed by atoms with E-state index in [4.69, 9.17) is 5.11 Å². The molecule has 1 amide bonds. The summed E-state index contributed by atoms with van der Waals surface area (Å²) in [6, 6.07) is 5.19. The molecule has 0 saturated heterocycles. The Labute approximate surface area is 114 Å². The Balaban J connectivity index is 1.99. The van der Waals surface area contributed by atoms with Crippen LogP contribution >= 0.6 is 0 Å². The molecule has 0 radical (unpaired) electrons. The van der Waals surface area contributed by atoms with Crippen molar-refractivity contribution in [3.05, 3.63) is 34.9 Å². The third-order valence-electron chi connectivity index (χ3n) is 3.44. The van der Waals surface area contributed by atoms with Crippen LogP contribution < -0.4 is 5.32 Å². The van der Waals surface area contributed by atoms with Gasteiger partial charge in [0.15, 0.2) is 6.10 Å². The van der Waals surface area contributed by atoms with Gasteiger partial charge in [0.25, 0.3) is 5.91 Å². The van der Waals surface area contributed by atoms with Crippen LogP contribution in [0.15, 0.2) is 18.2 Å². The molecule has 0 aliphatic heterocycles. The van der Waals surface area contributed by atoms with Crippen molar-refractivity contribution in [2.24, 2.45) is 0 Å². The highest BCUT2D eigenvalue weighted by Crippen LogP contribution is 2.22. The Kier molecular flexibility index (Phi) is 4.32. The Morgan fingerprint density at radius 3 is 2.55 bits per heavy atom. The summed E-state index contributed by atoms with van der Waals surface area (Å²) in [7, 11) is 0. The van der Waals surface area contributed by atoms with E-state index in [1.807, 2.05) is 6.07 Å². The number of aliphatic hydroxyl groups is 1. The van der Waals surface area contributed by atoms with Crippen LogP contribution in [0.4, 0.5) is 13.2 Å². The average Bonchev–Trinajstić information content (AvgIpc) is 2.42. The summed E-state index contributed by atoms with van der Waals surface area (Å²) < 4.78 is 36.4. The van der Waals surface area contributed by atoms with Crippen LogP contribution in [0.5, 0.6) is 0 Å². The normalized spacial score (nSPS) is 16.4. The molecule has 20 heavy (non-hydrogen) atoms. The van der Waals surface area contributed by atoms with Crippen LogP contribution in [-0.4, -0.2) is 29.8 Å². The van der Waals surface area contributed by atoms with Gasteiger partial charge in [-0.3, -0.25) is 4.79 Å². The zero-order valence-electron chi connectivity index (χ0n) is 10.8. The number of fused-ring (bicyclic) bond motifs is 1. The Bertz CT molecular complexity index is 500. The molecule has 0 fully saturated rings. The van der Waals surface area contributed by atoms with Crippen molar-refractivity contribution in [2.45, 2.75) is 38.0 Å². The van der Waals surface area contributed by atoms with Crippen molar-refractivity contribution in [2.75, 3.05) is 6.54 Å². The van der Waals surface area contributed by atoms with E-state index >= 15 is 0 Å². The zero-order chi connectivity index (χ0) is 14.8. The van der Waals surface area contributed by atoms with Crippen LogP contribution in [-0.2, 0) is 12.8 Å². The molecule has 0 spiro atoms. The number of halogens is 3. The molecule has 2 rings (SSSR count). The number of benzene rings is 1. The Morgan fingerprint density at radius 2 is 1.90 bits per heavy atom. The SMILES string of the molecule is O=C(NCC(O)C(F)(F)F)c1ccc2c(c1)CCCC2. The van der Waals surface area contributed by atoms with E-state index in [0.717, 1.165) is 31.2 Å². The zero-order valence-corrected chi connectivity index (χ0v) is 10.8. The van der Waals surface area contributed by atoms with E-state index in [1.165, 1.54) is 5.56 Å². The second-order valence-corrected chi connectivity index (χ2v) is 4.96. The predicted molar refractivity (Wildman–Crippen MR) is 67.5 cm³/mol. The van der Waals surface area contributed by atoms with Gasteiger partial charge in [-0.05, 0) is 48.9 Å². The van der Waals surface area contributed by atoms with E-state index in [-0.39, 0.29) is 0 Å². The molecule has 3 nitrogen and oxygen atoms in total. The lowest BCUT2D eigenvalue weighted by atomic mass is 9.90. The number of amides is 1. The number of aryl methyl sites for hydroxylation is 2. The molecule has 6 heteroatoms. The average molecular weight is 287 g/mol. The fourth-order valence-electron chi connectivity index (χ4n) is 2.28. The lowest BCUT2D eigenvalue weighted by Gasteiger charge is -2.17. The summed E-state index contributed by atoms with van der Waals surface area (Å²) in [4.78, 5) is 11.8. The first-order valence-electron chi connectivity index (χ1n) is 6.52. The van der Waals surface area contributed by atoms with Gasteiger partial charge in [-0.2, -0.15) is 13.2 Å². The smallest absolute Gasteiger partial charge is 0.382 e. The van der Waals surface area contributed by atoms with Gasteiger partial charge < -0.3 is 10.4 Å². The fraction of sp³-hybridized carbons (Fsp3) is 0.500. The van der Waals surface area contributed by atoms with E-state index in [1.54, 1.807) is 12.1 Å². The van der Waals surface area contributed by atoms with Gasteiger partial charge in [-0.15, -0.1) is 0 Å². The number of hydrogen-bond donors (Lipinski definition) is 2. The second-order valence-electron chi connectivity index (χ2n) is 4.96. The minimum atomic E-state index is -4.72. The number of aliphatic hydroxyl groups excluding tert-OH is 1. The highest BCUT2D eigenvalue weighted by Gasteiger charge is 2.38. The van der Waals surface area contributed by atoms with Crippen molar-refractivity contribution in [3.8, 4) is 0 Å². The fourth-order valence-corrected chi connectivity index (χ4v) is 2.28. The first-order chi connectivity index (χ1) is 9.38. The molecule has 1 atom stereocenters. The predicted octanol–water partition coefficient (Wildman–Crippen LogP) is 2.22. The lowest BCUT2D eigenvalue weighted by molar-refractivity contribution is -0.201. The molecule has 2 N–H and O–H groups in total. The minimum absolute atomic E-state index is 0.333. The number of nitrogens with one attached hydrogen (secondary N) is 1. The van der Waals surface area contributed by atoms with Gasteiger partial charge in [0.05, 0.1) is 6.54 Å². The van der Waals surface area contributed by atoms with Crippen molar-refractivity contribution in [1.29, 1.82) is 0 Å². The molecule has 1 aliphatic carbocycles. The van der Waals surface area contributed by atoms with Crippen molar-refractivity contribution in [3.63, 3.8) is 0 Å². The summed E-state index contributed by atoms with van der Waals surface area (Å²) >= 11 is 0. The molecule has 1 unspecified atom stereocenters. The van der Waals surface area contributed by atoms with E-state index in [9.17, 15) is 18.0 Å². The standard InChI is InChI=1S/C14H16F3NO2/c15-14(16,17)12(19)8-18-13(20)11-6-5-9-3-1-2-4-10(9)7-11/h5-7,12,19H,1-4,8H2,(H,18,20). The maximum atomic E-state index is 12.1. The first kappa shape index (κ1) is 14.8. The maximum Gasteiger partial charge on any atom is 0.416 e. The van der Waals surface area contributed by atoms with Crippen molar-refractivity contribution in [1.82, 2.24) is 5.32 Å². The molecule has 1 aromatic rings. The van der Waals surface area contributed by atoms with Crippen LogP contribution in [0.1, 0.15) is 34.3 Å². The topological polar surface area (TPSA) is 49.3 Å². The van der Waals surface area contributed by atoms with Gasteiger partial charge in [0.2, 0.25) is 0 Å². The number of alkyl halides is 3. The number of hydrogen-bond acceptors (Lipinski definition) is 2. The van der Waals surface area contributed by atoms with Gasteiger partial charge >= 0.3 is 6.18 Å². The third kappa shape index (κ3) is 3.50. The van der Waals surface area contributed by atoms with Crippen LogP contribution in [0.2, 0.25) is 0 Å². The quantitative estimate of drug-likeness (QED) is 0.895. The molecule has 110 valence electrons. The van der Waals surface area contributed by atoms with Crippen molar-refractivity contribution >= 4 is 5.91 Å². The second kappa shape index (κ2) is 5.83. The monoisotopic (exact) mass is 287 g/mol. The maximum absolute atomic E-state index is 12.1.